The van der Waals surface area contributed by atoms with Gasteiger partial charge in [-0.05, 0) is 5.56 Å². The molecule has 204 valence electrons. The predicted molar refractivity (Wildman–Crippen MR) is 148 cm³/mol. The summed E-state index contributed by atoms with van der Waals surface area (Å²) < 4.78 is 16.2. The van der Waals surface area contributed by atoms with E-state index in [4.69, 9.17) is 4.74 Å². The van der Waals surface area contributed by atoms with E-state index in [2.05, 4.69) is 16.0 Å². The van der Waals surface area contributed by atoms with Gasteiger partial charge in [0.15, 0.2) is 0 Å². The molecule has 2 amide bonds. The molecule has 0 aliphatic carbocycles. The molecule has 0 aliphatic rings. The van der Waals surface area contributed by atoms with Gasteiger partial charge in [0.2, 0.25) is 0 Å². The topological polar surface area (TPSA) is 134 Å². The van der Waals surface area contributed by atoms with Gasteiger partial charge in [-0.15, -0.1) is 0 Å². The average molecular weight is 531 g/mol. The fourth-order valence-corrected chi connectivity index (χ4v) is 4.28. The Morgan fingerprint density at radius 2 is 1.67 bits per heavy atom. The van der Waals surface area contributed by atoms with Crippen LogP contribution in [0.3, 0.4) is 0 Å². The second kappa shape index (κ2) is 15.5. The smallest absolute Gasteiger partial charge is 0.0622 e. The summed E-state index contributed by atoms with van der Waals surface area (Å²) in [5.41, 5.74) is 1.73. The van der Waals surface area contributed by atoms with Crippen molar-refractivity contribution >= 4 is 35.7 Å². The summed E-state index contributed by atoms with van der Waals surface area (Å²) in [7, 11) is 0.673. The Morgan fingerprint density at radius 1 is 0.949 bits per heavy atom. The minimum atomic E-state index is -1.58. The van der Waals surface area contributed by atoms with Crippen molar-refractivity contribution in [2.75, 3.05) is 13.0 Å². The molecule has 4 N–H and O–H groups in total. The van der Waals surface area contributed by atoms with Crippen LogP contribution in [-0.2, 0) is 36.9 Å². The van der Waals surface area contributed by atoms with E-state index in [1.54, 1.807) is 0 Å². The van der Waals surface area contributed by atoms with Crippen molar-refractivity contribution in [1.29, 1.82) is 0 Å². The number of carbonyl (C=O) groups is 3. The number of fused-ring (bicyclic) bond motifs is 1. The second-order valence-electron chi connectivity index (χ2n) is 9.18. The zero-order valence-electron chi connectivity index (χ0n) is 22.0. The van der Waals surface area contributed by atoms with Crippen molar-refractivity contribution in [1.82, 2.24) is 16.0 Å². The minimum absolute atomic E-state index is 0.0323. The number of ether oxygens (including phenoxy) is 1. The molecule has 2 unspecified atom stereocenters. The molecule has 3 rings (SSSR count). The van der Waals surface area contributed by atoms with Crippen LogP contribution in [0.15, 0.2) is 72.8 Å². The summed E-state index contributed by atoms with van der Waals surface area (Å²) in [5.74, 6) is -1.89. The van der Waals surface area contributed by atoms with Gasteiger partial charge < -0.3 is 0 Å². The fourth-order valence-electron chi connectivity index (χ4n) is 4.28. The number of aliphatic hydroxyl groups is 1. The van der Waals surface area contributed by atoms with Gasteiger partial charge >= 0.3 is 186 Å². The third-order valence-electron chi connectivity index (χ3n) is 6.29. The summed E-state index contributed by atoms with van der Waals surface area (Å²) in [6.45, 7) is 1.52. The average Bonchev–Trinajstić information content (AvgIpc) is 2.96. The molecule has 0 spiro atoms. The van der Waals surface area contributed by atoms with Crippen molar-refractivity contribution in [2.24, 2.45) is 0 Å². The van der Waals surface area contributed by atoms with Crippen LogP contribution >= 0.6 is 0 Å². The second-order valence-corrected chi connectivity index (χ2v) is 9.18. The molecule has 10 heteroatoms. The van der Waals surface area contributed by atoms with Crippen molar-refractivity contribution in [3.63, 3.8) is 0 Å². The van der Waals surface area contributed by atoms with Gasteiger partial charge in [0.05, 0.1) is 0 Å². The number of hydrogen-bond donors (Lipinski definition) is 4. The van der Waals surface area contributed by atoms with Crippen molar-refractivity contribution in [3.8, 4) is 0 Å². The molecule has 39 heavy (non-hydrogen) atoms. The molecular formula is C29H34BN3O6. The number of benzene rings is 3. The van der Waals surface area contributed by atoms with Gasteiger partial charge in [-0.3, -0.25) is 0 Å². The van der Waals surface area contributed by atoms with Crippen LogP contribution in [-0.4, -0.2) is 61.2 Å². The molecule has 3 aromatic rings. The first-order valence-corrected chi connectivity index (χ1v) is 13.0. The number of hydrogen-bond acceptors (Lipinski definition) is 7. The molecule has 0 aromatic heterocycles. The maximum absolute atomic E-state index is 13.3. The number of nitrogens with one attached hydrogen (secondary N) is 3. The van der Waals surface area contributed by atoms with Gasteiger partial charge in [0.1, 0.15) is 6.61 Å². The van der Waals surface area contributed by atoms with Gasteiger partial charge in [0, 0.05) is 0 Å². The standard InChI is InChI=1S/C29H34BN3O6/c1-2-9-24(27(35)29(37)31-17-26(34)39-18-20-10-4-3-5-11-20)33-28(36)25(32-19-30-38)16-22-14-8-13-21-12-6-7-15-23(21)22/h3-8,10-15,24-25,27,32,35H,2,9,16-19H2,1H3,(H,31,37)(H,33,36)/t24?,25-,27?/m0/s1. The van der Waals surface area contributed by atoms with E-state index in [9.17, 15) is 24.2 Å². The van der Waals surface area contributed by atoms with E-state index in [0.717, 1.165) is 21.9 Å². The molecule has 0 heterocycles. The fraction of sp³-hybridized carbons (Fsp3) is 0.345. The first-order chi connectivity index (χ1) is 18.9. The quantitative estimate of drug-likeness (QED) is 0.174. The Balaban J connectivity index is 1.60. The molecule has 3 atom stereocenters. The van der Waals surface area contributed by atoms with E-state index >= 15 is 0 Å². The van der Waals surface area contributed by atoms with Crippen LogP contribution in [0.5, 0.6) is 0 Å². The van der Waals surface area contributed by atoms with E-state index in [-0.39, 0.29) is 13.1 Å². The molecule has 0 aliphatic heterocycles. The molecule has 3 aromatic carbocycles. The molecule has 0 fully saturated rings. The summed E-state index contributed by atoms with van der Waals surface area (Å²) in [4.78, 5) is 37.9. The first kappa shape index (κ1) is 29.7. The minimum Gasteiger partial charge on any atom is -0.0622 e. The van der Waals surface area contributed by atoms with Crippen molar-refractivity contribution in [3.05, 3.63) is 83.9 Å². The third-order valence-corrected chi connectivity index (χ3v) is 6.29. The Kier molecular flexibility index (Phi) is 11.8. The molecule has 0 saturated carbocycles. The molecule has 0 saturated heterocycles. The van der Waals surface area contributed by atoms with Crippen LogP contribution in [0.25, 0.3) is 10.8 Å². The van der Waals surface area contributed by atoms with Crippen LogP contribution in [0, 0.1) is 0 Å². The summed E-state index contributed by atoms with van der Waals surface area (Å²) in [6, 6.07) is 21.1. The normalized spacial score (nSPS) is 13.1. The summed E-state index contributed by atoms with van der Waals surface area (Å²) in [5, 5.41) is 20.8. The van der Waals surface area contributed by atoms with Gasteiger partial charge in [-0.25, -0.2) is 0 Å². The van der Waals surface area contributed by atoms with E-state index in [1.807, 2.05) is 79.7 Å². The molecule has 0 radical (unpaired) electrons. The summed E-state index contributed by atoms with van der Waals surface area (Å²) >= 11 is 0. The Labute approximate surface area is 228 Å². The van der Waals surface area contributed by atoms with Crippen LogP contribution in [0.2, 0.25) is 0 Å². The maximum atomic E-state index is 13.3. The number of esters is 1. The summed E-state index contributed by atoms with van der Waals surface area (Å²) in [6.07, 6.45) is -0.400. The SMILES string of the molecule is CCCC(NC(=O)[C@H](Cc1cccc2ccccc12)NCB=O)C(O)C(=O)NCC(=O)OCc1ccccc1. The zero-order valence-corrected chi connectivity index (χ0v) is 22.0. The molecule has 0 bridgehead atoms. The van der Waals surface area contributed by atoms with Gasteiger partial charge in [-0.2, -0.15) is 0 Å². The van der Waals surface area contributed by atoms with Crippen molar-refractivity contribution < 1.29 is 28.9 Å². The molecular weight excluding hydrogens is 497 g/mol. The van der Waals surface area contributed by atoms with Crippen LogP contribution < -0.4 is 16.0 Å². The third kappa shape index (κ3) is 9.12. The monoisotopic (exact) mass is 531 g/mol. The Bertz CT molecular complexity index is 1250. The Morgan fingerprint density at radius 3 is 2.41 bits per heavy atom. The van der Waals surface area contributed by atoms with Crippen molar-refractivity contribution in [2.45, 2.75) is 51.0 Å². The Hall–Kier alpha value is -3.89. The first-order valence-electron chi connectivity index (χ1n) is 13.0. The van der Waals surface area contributed by atoms with Gasteiger partial charge in [0.25, 0.3) is 0 Å². The van der Waals surface area contributed by atoms with E-state index in [1.165, 1.54) is 0 Å². The van der Waals surface area contributed by atoms with Gasteiger partial charge in [-0.1, -0.05) is 30.3 Å². The van der Waals surface area contributed by atoms with E-state index < -0.39 is 42.5 Å². The van der Waals surface area contributed by atoms with Crippen LogP contribution in [0.1, 0.15) is 30.9 Å². The number of carbonyl (C=O) groups excluding carboxylic acids is 3. The predicted octanol–water partition coefficient (Wildman–Crippen LogP) is 1.85. The number of aliphatic hydroxyl groups excluding tert-OH is 1. The van der Waals surface area contributed by atoms with E-state index in [0.29, 0.717) is 26.4 Å². The van der Waals surface area contributed by atoms with Crippen LogP contribution in [0.4, 0.5) is 0 Å². The number of rotatable bonds is 15. The number of amides is 2. The zero-order chi connectivity index (χ0) is 28.0. The molecule has 9 nitrogen and oxygen atoms in total.